The van der Waals surface area contributed by atoms with Crippen molar-refractivity contribution in [1.29, 1.82) is 0 Å². The number of oxime groups is 1. The molecule has 0 radical (unpaired) electrons. The van der Waals surface area contributed by atoms with Gasteiger partial charge in [0.15, 0.2) is 5.84 Å². The molecule has 2 rings (SSSR count). The molecule has 1 saturated heterocycles. The number of carbonyl (C=O) groups is 1. The van der Waals surface area contributed by atoms with Crippen molar-refractivity contribution in [3.05, 3.63) is 28.8 Å². The molecule has 1 aliphatic heterocycles. The van der Waals surface area contributed by atoms with Gasteiger partial charge in [0.2, 0.25) is 0 Å². The number of nitrogens with two attached hydrogens (primary N) is 1. The summed E-state index contributed by atoms with van der Waals surface area (Å²) in [5, 5.41) is 14.9. The number of hydrogen-bond acceptors (Lipinski definition) is 4. The van der Waals surface area contributed by atoms with Crippen molar-refractivity contribution in [2.24, 2.45) is 10.9 Å². The Morgan fingerprint density at radius 2 is 2.30 bits per heavy atom. The van der Waals surface area contributed by atoms with Crippen LogP contribution in [0.4, 0.5) is 5.69 Å². The van der Waals surface area contributed by atoms with Crippen LogP contribution >= 0.6 is 11.6 Å². The number of carbonyl (C=O) groups excluding carboxylic acids is 1. The predicted molar refractivity (Wildman–Crippen MR) is 76.2 cm³/mol. The van der Waals surface area contributed by atoms with E-state index in [1.807, 2.05) is 0 Å². The predicted octanol–water partition coefficient (Wildman–Crippen LogP) is 1.94. The average molecular weight is 298 g/mol. The maximum Gasteiger partial charge on any atom is 0.253 e. The first kappa shape index (κ1) is 14.6. The van der Waals surface area contributed by atoms with E-state index in [-0.39, 0.29) is 11.7 Å². The zero-order chi connectivity index (χ0) is 14.5. The summed E-state index contributed by atoms with van der Waals surface area (Å²) in [5.41, 5.74) is 6.37. The number of anilines is 1. The molecule has 1 amide bonds. The normalized spacial score (nSPS) is 19.6. The van der Waals surface area contributed by atoms with E-state index in [1.54, 1.807) is 18.2 Å². The fraction of sp³-hybridized carbons (Fsp3) is 0.385. The van der Waals surface area contributed by atoms with E-state index < -0.39 is 6.10 Å². The van der Waals surface area contributed by atoms with Crippen LogP contribution in [0, 0.1) is 0 Å². The third kappa shape index (κ3) is 3.40. The highest BCUT2D eigenvalue weighted by atomic mass is 35.5. The van der Waals surface area contributed by atoms with Gasteiger partial charge >= 0.3 is 0 Å². The number of nitrogens with one attached hydrogen (secondary N) is 1. The van der Waals surface area contributed by atoms with E-state index in [2.05, 4.69) is 10.5 Å². The fourth-order valence-electron chi connectivity index (χ4n) is 2.06. The lowest BCUT2D eigenvalue weighted by Crippen LogP contribution is -2.33. The highest BCUT2D eigenvalue weighted by molar-refractivity contribution is 6.31. The van der Waals surface area contributed by atoms with Crippen LogP contribution in [0.5, 0.6) is 0 Å². The van der Waals surface area contributed by atoms with Crippen LogP contribution in [-0.4, -0.2) is 29.7 Å². The molecule has 6 nitrogen and oxygen atoms in total. The standard InChI is InChI=1S/C13H16ClN3O3/c14-8-4-5-9(12(15)17-19)10(7-8)16-13(18)11-3-1-2-6-20-11/h4-5,7,11,19H,1-3,6H2,(H2,15,17)(H,16,18). The topological polar surface area (TPSA) is 96.9 Å². The minimum atomic E-state index is -0.470. The summed E-state index contributed by atoms with van der Waals surface area (Å²) >= 11 is 5.91. The summed E-state index contributed by atoms with van der Waals surface area (Å²) in [5.74, 6) is -0.347. The molecular formula is C13H16ClN3O3. The van der Waals surface area contributed by atoms with Crippen molar-refractivity contribution < 1.29 is 14.7 Å². The zero-order valence-electron chi connectivity index (χ0n) is 10.8. The van der Waals surface area contributed by atoms with Gasteiger partial charge in [-0.3, -0.25) is 4.79 Å². The Morgan fingerprint density at radius 3 is 2.95 bits per heavy atom. The largest absolute Gasteiger partial charge is 0.409 e. The highest BCUT2D eigenvalue weighted by Crippen LogP contribution is 2.22. The SMILES string of the molecule is NC(=NO)c1ccc(Cl)cc1NC(=O)C1CCCCO1. The summed E-state index contributed by atoms with van der Waals surface area (Å²) in [4.78, 5) is 12.1. The number of ether oxygens (including phenoxy) is 1. The highest BCUT2D eigenvalue weighted by Gasteiger charge is 2.23. The van der Waals surface area contributed by atoms with Gasteiger partial charge in [-0.1, -0.05) is 16.8 Å². The van der Waals surface area contributed by atoms with Crippen LogP contribution in [0.15, 0.2) is 23.4 Å². The number of hydrogen-bond donors (Lipinski definition) is 3. The molecule has 1 aromatic rings. The van der Waals surface area contributed by atoms with E-state index >= 15 is 0 Å². The van der Waals surface area contributed by atoms with Crippen molar-refractivity contribution in [3.63, 3.8) is 0 Å². The molecule has 0 aromatic heterocycles. The lowest BCUT2D eigenvalue weighted by Gasteiger charge is -2.22. The summed E-state index contributed by atoms with van der Waals surface area (Å²) in [6, 6.07) is 4.73. The summed E-state index contributed by atoms with van der Waals surface area (Å²) in [6.45, 7) is 0.584. The van der Waals surface area contributed by atoms with Gasteiger partial charge in [0.25, 0.3) is 5.91 Å². The minimum Gasteiger partial charge on any atom is -0.409 e. The van der Waals surface area contributed by atoms with Gasteiger partial charge in [-0.25, -0.2) is 0 Å². The Labute approximate surface area is 121 Å². The van der Waals surface area contributed by atoms with E-state index in [0.717, 1.165) is 12.8 Å². The molecule has 0 saturated carbocycles. The Morgan fingerprint density at radius 1 is 1.50 bits per heavy atom. The monoisotopic (exact) mass is 297 g/mol. The second-order valence-corrected chi connectivity index (χ2v) is 4.96. The van der Waals surface area contributed by atoms with Crippen LogP contribution in [0.25, 0.3) is 0 Å². The quantitative estimate of drug-likeness (QED) is 0.344. The van der Waals surface area contributed by atoms with Crippen LogP contribution in [-0.2, 0) is 9.53 Å². The summed E-state index contributed by atoms with van der Waals surface area (Å²) in [7, 11) is 0. The first-order valence-electron chi connectivity index (χ1n) is 6.31. The van der Waals surface area contributed by atoms with Crippen molar-refractivity contribution in [1.82, 2.24) is 0 Å². The van der Waals surface area contributed by atoms with Crippen molar-refractivity contribution in [2.45, 2.75) is 25.4 Å². The Bertz CT molecular complexity index is 528. The summed E-state index contributed by atoms with van der Waals surface area (Å²) < 4.78 is 5.41. The first-order valence-corrected chi connectivity index (χ1v) is 6.69. The molecular weight excluding hydrogens is 282 g/mol. The Hall–Kier alpha value is -1.79. The Kier molecular flexibility index (Phi) is 4.81. The molecule has 0 aliphatic carbocycles. The van der Waals surface area contributed by atoms with Gasteiger partial charge < -0.3 is 21.0 Å². The molecule has 1 heterocycles. The van der Waals surface area contributed by atoms with E-state index in [4.69, 9.17) is 27.3 Å². The molecule has 1 fully saturated rings. The minimum absolute atomic E-state index is 0.0958. The van der Waals surface area contributed by atoms with E-state index in [9.17, 15) is 4.79 Å². The Balaban J connectivity index is 2.19. The van der Waals surface area contributed by atoms with Crippen LogP contribution in [0.3, 0.4) is 0 Å². The number of benzene rings is 1. The molecule has 1 aliphatic rings. The number of amides is 1. The van der Waals surface area contributed by atoms with E-state index in [1.165, 1.54) is 0 Å². The molecule has 7 heteroatoms. The third-order valence-electron chi connectivity index (χ3n) is 3.10. The van der Waals surface area contributed by atoms with Crippen LogP contribution in [0.2, 0.25) is 5.02 Å². The number of halogens is 1. The van der Waals surface area contributed by atoms with Gasteiger partial charge in [-0.05, 0) is 37.5 Å². The molecule has 108 valence electrons. The molecule has 1 atom stereocenters. The third-order valence-corrected chi connectivity index (χ3v) is 3.33. The lowest BCUT2D eigenvalue weighted by molar-refractivity contribution is -0.129. The number of rotatable bonds is 3. The van der Waals surface area contributed by atoms with Crippen LogP contribution < -0.4 is 11.1 Å². The van der Waals surface area contributed by atoms with Gasteiger partial charge in [-0.2, -0.15) is 0 Å². The van der Waals surface area contributed by atoms with Gasteiger partial charge in [0.05, 0.1) is 5.69 Å². The van der Waals surface area contributed by atoms with Gasteiger partial charge in [0, 0.05) is 17.2 Å². The second-order valence-electron chi connectivity index (χ2n) is 4.52. The number of nitrogens with zero attached hydrogens (tertiary/aromatic N) is 1. The summed E-state index contributed by atoms with van der Waals surface area (Å²) in [6.07, 6.45) is 2.14. The first-order chi connectivity index (χ1) is 9.61. The molecule has 1 aromatic carbocycles. The molecule has 4 N–H and O–H groups in total. The van der Waals surface area contributed by atoms with Gasteiger partial charge in [-0.15, -0.1) is 0 Å². The molecule has 20 heavy (non-hydrogen) atoms. The molecule has 0 spiro atoms. The number of amidine groups is 1. The lowest BCUT2D eigenvalue weighted by atomic mass is 10.1. The van der Waals surface area contributed by atoms with Crippen molar-refractivity contribution in [2.75, 3.05) is 11.9 Å². The maximum absolute atomic E-state index is 12.1. The van der Waals surface area contributed by atoms with Crippen LogP contribution in [0.1, 0.15) is 24.8 Å². The van der Waals surface area contributed by atoms with Crippen molar-refractivity contribution in [3.8, 4) is 0 Å². The van der Waals surface area contributed by atoms with Crippen molar-refractivity contribution >= 4 is 29.0 Å². The second kappa shape index (κ2) is 6.58. The fourth-order valence-corrected chi connectivity index (χ4v) is 2.23. The smallest absolute Gasteiger partial charge is 0.253 e. The average Bonchev–Trinajstić information content (AvgIpc) is 2.47. The molecule has 0 bridgehead atoms. The van der Waals surface area contributed by atoms with E-state index in [0.29, 0.717) is 29.3 Å². The maximum atomic E-state index is 12.1. The molecule has 1 unspecified atom stereocenters. The zero-order valence-corrected chi connectivity index (χ0v) is 11.6. The van der Waals surface area contributed by atoms with Gasteiger partial charge in [0.1, 0.15) is 6.10 Å².